The van der Waals surface area contributed by atoms with Crippen molar-refractivity contribution in [2.75, 3.05) is 18.1 Å². The second-order valence-corrected chi connectivity index (χ2v) is 13.0. The molecule has 0 radical (unpaired) electrons. The van der Waals surface area contributed by atoms with Gasteiger partial charge in [0, 0.05) is 29.1 Å². The Morgan fingerprint density at radius 2 is 2.03 bits per heavy atom. The third kappa shape index (κ3) is 2.97. The van der Waals surface area contributed by atoms with E-state index in [-0.39, 0.29) is 40.7 Å². The van der Waals surface area contributed by atoms with Gasteiger partial charge in [-0.2, -0.15) is 11.8 Å². The number of hydrogen-bond acceptors (Lipinski definition) is 7. The number of aliphatic hydroxyl groups excluding tert-OH is 2. The van der Waals surface area contributed by atoms with Gasteiger partial charge in [-0.1, -0.05) is 31.6 Å². The Balaban J connectivity index is 1.38. The van der Waals surface area contributed by atoms with E-state index in [9.17, 15) is 19.8 Å². The number of ether oxygens (including phenoxy) is 2. The number of allylic oxidation sites excluding steroid dienone is 4. The Kier molecular flexibility index (Phi) is 5.51. The molecule has 0 bridgehead atoms. The molecule has 0 aromatic carbocycles. The Bertz CT molecular complexity index is 955. The van der Waals surface area contributed by atoms with Crippen LogP contribution in [0.1, 0.15) is 52.4 Å². The highest BCUT2D eigenvalue weighted by atomic mass is 32.2. The lowest BCUT2D eigenvalue weighted by molar-refractivity contribution is -0.206. The van der Waals surface area contributed by atoms with Gasteiger partial charge < -0.3 is 19.7 Å². The molecule has 9 atom stereocenters. The fourth-order valence-corrected chi connectivity index (χ4v) is 9.96. The van der Waals surface area contributed by atoms with Crippen LogP contribution in [0.15, 0.2) is 23.8 Å². The number of thioether (sulfide) groups is 1. The average molecular weight is 489 g/mol. The number of fused-ring (bicyclic) bond motifs is 7. The summed E-state index contributed by atoms with van der Waals surface area (Å²) in [5, 5.41) is 21.7. The molecule has 0 aromatic rings. The van der Waals surface area contributed by atoms with Gasteiger partial charge in [-0.25, -0.2) is 0 Å². The van der Waals surface area contributed by atoms with Crippen LogP contribution in [0.2, 0.25) is 0 Å². The van der Waals surface area contributed by atoms with E-state index in [1.165, 1.54) is 0 Å². The molecule has 34 heavy (non-hydrogen) atoms. The third-order valence-corrected chi connectivity index (χ3v) is 11.5. The Morgan fingerprint density at radius 3 is 2.76 bits per heavy atom. The molecule has 4 aliphatic carbocycles. The van der Waals surface area contributed by atoms with Crippen LogP contribution in [0.3, 0.4) is 0 Å². The zero-order valence-electron chi connectivity index (χ0n) is 20.1. The molecule has 7 heteroatoms. The van der Waals surface area contributed by atoms with Gasteiger partial charge >= 0.3 is 0 Å². The van der Waals surface area contributed by atoms with Gasteiger partial charge in [0.2, 0.25) is 0 Å². The Hall–Kier alpha value is -0.990. The normalized spacial score (nSPS) is 50.2. The maximum absolute atomic E-state index is 13.5. The zero-order valence-corrected chi connectivity index (χ0v) is 20.9. The standard InChI is InChI=1S/C27H36O6S/c1-25-8-5-17(29)11-16(25)3-4-18-19-12-22-27(21(31)14-28,26(19,2)13-20(30)23(18)25)33-24(32-22)15-6-9-34-10-7-15/h3,5,8,15,18-20,22-24,28,30H,4,6-7,9-14H2,1-2H3/t18-,19-,20-,22+,23+,24+,25-,26-,27+/m0/s1. The summed E-state index contributed by atoms with van der Waals surface area (Å²) in [6.45, 7) is 3.67. The first-order valence-corrected chi connectivity index (χ1v) is 14.0. The first kappa shape index (κ1) is 23.4. The molecule has 6 rings (SSSR count). The SMILES string of the molecule is C[C@]12C=CC(=O)CC1=CC[C@@H]1[C@@H]2[C@@H](O)C[C@@]2(C)[C@H]1C[C@H]1O[C@@H](C3CCSCC3)O[C@]12C(=O)CO. The fourth-order valence-electron chi connectivity index (χ4n) is 8.82. The van der Waals surface area contributed by atoms with E-state index < -0.39 is 36.1 Å². The molecule has 2 saturated heterocycles. The monoisotopic (exact) mass is 488 g/mol. The van der Waals surface area contributed by atoms with E-state index in [2.05, 4.69) is 19.9 Å². The van der Waals surface area contributed by atoms with E-state index in [0.29, 0.717) is 19.3 Å². The summed E-state index contributed by atoms with van der Waals surface area (Å²) in [5.74, 6) is 2.51. The lowest BCUT2D eigenvalue weighted by Gasteiger charge is -2.59. The van der Waals surface area contributed by atoms with Crippen LogP contribution in [0, 0.1) is 34.5 Å². The summed E-state index contributed by atoms with van der Waals surface area (Å²) in [6, 6.07) is 0. The van der Waals surface area contributed by atoms with E-state index >= 15 is 0 Å². The van der Waals surface area contributed by atoms with Gasteiger partial charge in [-0.15, -0.1) is 0 Å². The molecule has 0 spiro atoms. The van der Waals surface area contributed by atoms with Crippen LogP contribution < -0.4 is 0 Å². The quantitative estimate of drug-likeness (QED) is 0.590. The second kappa shape index (κ2) is 8.01. The zero-order chi connectivity index (χ0) is 23.9. The maximum atomic E-state index is 13.5. The topological polar surface area (TPSA) is 93.1 Å². The summed E-state index contributed by atoms with van der Waals surface area (Å²) < 4.78 is 13.2. The van der Waals surface area contributed by atoms with E-state index in [4.69, 9.17) is 9.47 Å². The molecule has 0 unspecified atom stereocenters. The first-order valence-electron chi connectivity index (χ1n) is 12.9. The minimum atomic E-state index is -1.21. The van der Waals surface area contributed by atoms with Gasteiger partial charge in [0.1, 0.15) is 6.61 Å². The molecule has 2 N–H and O–H groups in total. The number of hydrogen-bond donors (Lipinski definition) is 2. The van der Waals surface area contributed by atoms with Crippen molar-refractivity contribution in [3.05, 3.63) is 23.8 Å². The van der Waals surface area contributed by atoms with Gasteiger partial charge in [-0.3, -0.25) is 9.59 Å². The van der Waals surface area contributed by atoms with Crippen LogP contribution in [-0.4, -0.2) is 64.0 Å². The van der Waals surface area contributed by atoms with E-state index in [1.807, 2.05) is 17.8 Å². The Labute approximate surface area is 205 Å². The highest BCUT2D eigenvalue weighted by molar-refractivity contribution is 7.99. The van der Waals surface area contributed by atoms with Gasteiger partial charge in [-0.05, 0) is 61.5 Å². The summed E-state index contributed by atoms with van der Waals surface area (Å²) in [6.07, 6.45) is 8.81. The molecule has 2 heterocycles. The van der Waals surface area contributed by atoms with Gasteiger partial charge in [0.25, 0.3) is 0 Å². The van der Waals surface area contributed by atoms with Crippen molar-refractivity contribution in [1.82, 2.24) is 0 Å². The van der Waals surface area contributed by atoms with Crippen LogP contribution in [-0.2, 0) is 19.1 Å². The van der Waals surface area contributed by atoms with Crippen LogP contribution in [0.25, 0.3) is 0 Å². The maximum Gasteiger partial charge on any atom is 0.193 e. The third-order valence-electron chi connectivity index (χ3n) is 10.4. The second-order valence-electron chi connectivity index (χ2n) is 11.8. The van der Waals surface area contributed by atoms with Crippen molar-refractivity contribution in [2.45, 2.75) is 76.5 Å². The van der Waals surface area contributed by atoms with Crippen molar-refractivity contribution in [1.29, 1.82) is 0 Å². The molecule has 2 saturated carbocycles. The Morgan fingerprint density at radius 1 is 1.26 bits per heavy atom. The lowest BCUT2D eigenvalue weighted by atomic mass is 9.47. The van der Waals surface area contributed by atoms with Crippen molar-refractivity contribution in [3.63, 3.8) is 0 Å². The largest absolute Gasteiger partial charge is 0.393 e. The average Bonchev–Trinajstić information content (AvgIpc) is 3.32. The number of aliphatic hydroxyl groups is 2. The summed E-state index contributed by atoms with van der Waals surface area (Å²) in [5.41, 5.74) is -1.07. The molecule has 6 nitrogen and oxygen atoms in total. The predicted molar refractivity (Wildman–Crippen MR) is 128 cm³/mol. The van der Waals surface area contributed by atoms with Crippen LogP contribution in [0.5, 0.6) is 0 Å². The highest BCUT2D eigenvalue weighted by Crippen LogP contribution is 2.69. The van der Waals surface area contributed by atoms with E-state index in [1.54, 1.807) is 6.08 Å². The van der Waals surface area contributed by atoms with Gasteiger partial charge in [0.15, 0.2) is 23.5 Å². The molecule has 4 fully saturated rings. The molecular formula is C27H36O6S. The van der Waals surface area contributed by atoms with E-state index in [0.717, 1.165) is 36.3 Å². The van der Waals surface area contributed by atoms with Crippen molar-refractivity contribution in [3.8, 4) is 0 Å². The number of carbonyl (C=O) groups excluding carboxylic acids is 2. The van der Waals surface area contributed by atoms with Crippen molar-refractivity contribution < 1.29 is 29.3 Å². The lowest BCUT2D eigenvalue weighted by Crippen LogP contribution is -2.63. The molecule has 186 valence electrons. The fraction of sp³-hybridized carbons (Fsp3) is 0.778. The molecule has 0 aromatic heterocycles. The van der Waals surface area contributed by atoms with Gasteiger partial charge in [0.05, 0.1) is 12.2 Å². The van der Waals surface area contributed by atoms with Crippen LogP contribution in [0.4, 0.5) is 0 Å². The number of carbonyl (C=O) groups is 2. The summed E-state index contributed by atoms with van der Waals surface area (Å²) in [4.78, 5) is 25.6. The molecule has 6 aliphatic rings. The smallest absolute Gasteiger partial charge is 0.193 e. The minimum absolute atomic E-state index is 0.0128. The minimum Gasteiger partial charge on any atom is -0.393 e. The molecule has 0 amide bonds. The molecular weight excluding hydrogens is 452 g/mol. The number of Topliss-reactive ketones (excluding diaryl/α,β-unsaturated/α-hetero) is 1. The number of rotatable bonds is 3. The summed E-state index contributed by atoms with van der Waals surface area (Å²) in [7, 11) is 0. The highest BCUT2D eigenvalue weighted by Gasteiger charge is 2.76. The van der Waals surface area contributed by atoms with Crippen LogP contribution >= 0.6 is 11.8 Å². The summed E-state index contributed by atoms with van der Waals surface area (Å²) >= 11 is 1.94. The molecule has 2 aliphatic heterocycles. The number of ketones is 2. The van der Waals surface area contributed by atoms with Crippen molar-refractivity contribution >= 4 is 23.3 Å². The predicted octanol–water partition coefficient (Wildman–Crippen LogP) is 3.06. The van der Waals surface area contributed by atoms with Crippen molar-refractivity contribution in [2.24, 2.45) is 34.5 Å². The first-order chi connectivity index (χ1) is 16.2.